The van der Waals surface area contributed by atoms with Crippen molar-refractivity contribution in [2.45, 2.75) is 18.9 Å². The van der Waals surface area contributed by atoms with Gasteiger partial charge in [0.2, 0.25) is 5.91 Å². The molecule has 0 spiro atoms. The Bertz CT molecular complexity index is 518. The van der Waals surface area contributed by atoms with Crippen LogP contribution in [0.2, 0.25) is 0 Å². The maximum atomic E-state index is 12.1. The van der Waals surface area contributed by atoms with Gasteiger partial charge in [0.1, 0.15) is 12.4 Å². The molecule has 2 rings (SSSR count). The summed E-state index contributed by atoms with van der Waals surface area (Å²) in [6, 6.07) is 8.02. The van der Waals surface area contributed by atoms with Crippen LogP contribution in [0.25, 0.3) is 6.08 Å². The zero-order valence-electron chi connectivity index (χ0n) is 14.1. The lowest BCUT2D eigenvalue weighted by atomic mass is 10.1. The van der Waals surface area contributed by atoms with Crippen LogP contribution in [0.15, 0.2) is 30.3 Å². The second-order valence-electron chi connectivity index (χ2n) is 6.22. The third-order valence-electron chi connectivity index (χ3n) is 3.96. The summed E-state index contributed by atoms with van der Waals surface area (Å²) in [6.07, 6.45) is 5.26. The topological polar surface area (TPSA) is 58.8 Å². The monoisotopic (exact) mass is 317 g/mol. The summed E-state index contributed by atoms with van der Waals surface area (Å²) in [4.78, 5) is 16.1. The molecular formula is C18H27N3O2. The van der Waals surface area contributed by atoms with Gasteiger partial charge in [-0.05, 0) is 50.7 Å². The Morgan fingerprint density at radius 1 is 1.30 bits per heavy atom. The minimum Gasteiger partial charge on any atom is -0.492 e. The van der Waals surface area contributed by atoms with E-state index in [9.17, 15) is 4.79 Å². The first-order valence-electron chi connectivity index (χ1n) is 8.15. The zero-order valence-corrected chi connectivity index (χ0v) is 14.1. The standard InChI is InChI=1S/C18H27N3O2/c1-20(2)13-14-23-17-6-3-15(4-7-17)5-8-18(22)21-11-9-16(19)10-12-21/h3-8,16H,9-14,19H2,1-2H3/b8-5+. The van der Waals surface area contributed by atoms with Crippen molar-refractivity contribution in [3.8, 4) is 5.75 Å². The summed E-state index contributed by atoms with van der Waals surface area (Å²) in [5.74, 6) is 0.906. The van der Waals surface area contributed by atoms with E-state index in [-0.39, 0.29) is 11.9 Å². The normalized spacial score (nSPS) is 16.3. The van der Waals surface area contributed by atoms with Crippen LogP contribution in [0.5, 0.6) is 5.75 Å². The van der Waals surface area contributed by atoms with Gasteiger partial charge in [0.15, 0.2) is 0 Å². The van der Waals surface area contributed by atoms with Crippen LogP contribution < -0.4 is 10.5 Å². The van der Waals surface area contributed by atoms with Gasteiger partial charge < -0.3 is 20.3 Å². The molecule has 1 aromatic rings. The summed E-state index contributed by atoms with van der Waals surface area (Å²) in [5, 5.41) is 0. The van der Waals surface area contributed by atoms with E-state index >= 15 is 0 Å². The third-order valence-corrected chi connectivity index (χ3v) is 3.96. The number of nitrogens with zero attached hydrogens (tertiary/aromatic N) is 2. The minimum absolute atomic E-state index is 0.0585. The highest BCUT2D eigenvalue weighted by molar-refractivity contribution is 5.91. The Morgan fingerprint density at radius 3 is 2.57 bits per heavy atom. The van der Waals surface area contributed by atoms with Gasteiger partial charge in [-0.25, -0.2) is 0 Å². The van der Waals surface area contributed by atoms with Crippen LogP contribution in [-0.4, -0.2) is 62.1 Å². The molecule has 1 aromatic carbocycles. The highest BCUT2D eigenvalue weighted by atomic mass is 16.5. The molecule has 1 aliphatic rings. The second kappa shape index (κ2) is 8.70. The fourth-order valence-electron chi connectivity index (χ4n) is 2.41. The van der Waals surface area contributed by atoms with Crippen LogP contribution >= 0.6 is 0 Å². The van der Waals surface area contributed by atoms with E-state index in [2.05, 4.69) is 4.90 Å². The Kier molecular flexibility index (Phi) is 6.62. The molecule has 23 heavy (non-hydrogen) atoms. The van der Waals surface area contributed by atoms with Gasteiger partial charge in [-0.1, -0.05) is 12.1 Å². The van der Waals surface area contributed by atoms with Gasteiger partial charge in [-0.2, -0.15) is 0 Å². The number of hydrogen-bond donors (Lipinski definition) is 1. The fraction of sp³-hybridized carbons (Fsp3) is 0.500. The molecule has 1 fully saturated rings. The van der Waals surface area contributed by atoms with Gasteiger partial charge in [-0.15, -0.1) is 0 Å². The van der Waals surface area contributed by atoms with Crippen molar-refractivity contribution in [3.63, 3.8) is 0 Å². The molecule has 2 N–H and O–H groups in total. The van der Waals surface area contributed by atoms with E-state index < -0.39 is 0 Å². The lowest BCUT2D eigenvalue weighted by molar-refractivity contribution is -0.126. The average Bonchev–Trinajstić information content (AvgIpc) is 2.54. The molecule has 0 aromatic heterocycles. The number of carbonyl (C=O) groups excluding carboxylic acids is 1. The minimum atomic E-state index is 0.0585. The van der Waals surface area contributed by atoms with Crippen molar-refractivity contribution in [1.82, 2.24) is 9.80 Å². The van der Waals surface area contributed by atoms with Crippen LogP contribution in [-0.2, 0) is 4.79 Å². The van der Waals surface area contributed by atoms with E-state index in [1.54, 1.807) is 6.08 Å². The molecule has 1 amide bonds. The first-order chi connectivity index (χ1) is 11.0. The number of hydrogen-bond acceptors (Lipinski definition) is 4. The van der Waals surface area contributed by atoms with Gasteiger partial charge in [0.25, 0.3) is 0 Å². The molecule has 0 unspecified atom stereocenters. The number of ether oxygens (including phenoxy) is 1. The largest absolute Gasteiger partial charge is 0.492 e. The lowest BCUT2D eigenvalue weighted by Crippen LogP contribution is -2.42. The smallest absolute Gasteiger partial charge is 0.246 e. The summed E-state index contributed by atoms with van der Waals surface area (Å²) in [6.45, 7) is 3.05. The SMILES string of the molecule is CN(C)CCOc1ccc(/C=C/C(=O)N2CCC(N)CC2)cc1. The molecule has 1 heterocycles. The number of nitrogens with two attached hydrogens (primary N) is 1. The van der Waals surface area contributed by atoms with Crippen LogP contribution in [0.1, 0.15) is 18.4 Å². The van der Waals surface area contributed by atoms with E-state index in [0.717, 1.165) is 43.8 Å². The van der Waals surface area contributed by atoms with E-state index in [0.29, 0.717) is 6.61 Å². The van der Waals surface area contributed by atoms with Gasteiger partial charge in [0, 0.05) is 31.8 Å². The molecule has 5 heteroatoms. The van der Waals surface area contributed by atoms with Crippen molar-refractivity contribution < 1.29 is 9.53 Å². The molecule has 1 aliphatic heterocycles. The van der Waals surface area contributed by atoms with Crippen LogP contribution in [0, 0.1) is 0 Å². The van der Waals surface area contributed by atoms with Crippen molar-refractivity contribution in [2.75, 3.05) is 40.3 Å². The van der Waals surface area contributed by atoms with Gasteiger partial charge >= 0.3 is 0 Å². The van der Waals surface area contributed by atoms with Crippen LogP contribution in [0.3, 0.4) is 0 Å². The van der Waals surface area contributed by atoms with Crippen molar-refractivity contribution in [3.05, 3.63) is 35.9 Å². The Labute approximate surface area is 138 Å². The maximum absolute atomic E-state index is 12.1. The number of benzene rings is 1. The average molecular weight is 317 g/mol. The first kappa shape index (κ1) is 17.5. The lowest BCUT2D eigenvalue weighted by Gasteiger charge is -2.29. The third kappa shape index (κ3) is 6.04. The molecule has 0 saturated carbocycles. The van der Waals surface area contributed by atoms with Crippen molar-refractivity contribution in [2.24, 2.45) is 5.73 Å². The van der Waals surface area contributed by atoms with E-state index in [4.69, 9.17) is 10.5 Å². The summed E-state index contributed by atoms with van der Waals surface area (Å²) in [7, 11) is 4.04. The van der Waals surface area contributed by atoms with Gasteiger partial charge in [-0.3, -0.25) is 4.79 Å². The molecule has 0 atom stereocenters. The molecule has 5 nitrogen and oxygen atoms in total. The number of rotatable bonds is 6. The highest BCUT2D eigenvalue weighted by Crippen LogP contribution is 2.14. The molecule has 126 valence electrons. The van der Waals surface area contributed by atoms with Crippen LogP contribution in [0.4, 0.5) is 0 Å². The molecule has 0 aliphatic carbocycles. The molecule has 0 radical (unpaired) electrons. The number of carbonyl (C=O) groups is 1. The maximum Gasteiger partial charge on any atom is 0.246 e. The Morgan fingerprint density at radius 2 is 1.96 bits per heavy atom. The predicted molar refractivity (Wildman–Crippen MR) is 93.3 cm³/mol. The van der Waals surface area contributed by atoms with Crippen molar-refractivity contribution in [1.29, 1.82) is 0 Å². The Hall–Kier alpha value is -1.85. The Balaban J connectivity index is 1.81. The summed E-state index contributed by atoms with van der Waals surface area (Å²) >= 11 is 0. The highest BCUT2D eigenvalue weighted by Gasteiger charge is 2.18. The first-order valence-corrected chi connectivity index (χ1v) is 8.15. The number of piperidine rings is 1. The summed E-state index contributed by atoms with van der Waals surface area (Å²) < 4.78 is 5.65. The van der Waals surface area contributed by atoms with Gasteiger partial charge in [0.05, 0.1) is 0 Å². The molecule has 0 bridgehead atoms. The quantitative estimate of drug-likeness (QED) is 0.810. The summed E-state index contributed by atoms with van der Waals surface area (Å²) in [5.41, 5.74) is 6.85. The fourth-order valence-corrected chi connectivity index (χ4v) is 2.41. The number of amides is 1. The number of likely N-dealkylation sites (N-methyl/N-ethyl adjacent to an activating group) is 1. The number of likely N-dealkylation sites (tertiary alicyclic amines) is 1. The zero-order chi connectivity index (χ0) is 16.7. The van der Waals surface area contributed by atoms with Crippen molar-refractivity contribution >= 4 is 12.0 Å². The second-order valence-corrected chi connectivity index (χ2v) is 6.22. The predicted octanol–water partition coefficient (Wildman–Crippen LogP) is 1.59. The molecular weight excluding hydrogens is 290 g/mol. The van der Waals surface area contributed by atoms with E-state index in [1.807, 2.05) is 49.3 Å². The van der Waals surface area contributed by atoms with E-state index in [1.165, 1.54) is 0 Å². The molecule has 1 saturated heterocycles.